The number of aromatic nitrogens is 1. The number of hydrogen-bond acceptors (Lipinski definition) is 5. The maximum Gasteiger partial charge on any atom is 0.398 e. The van der Waals surface area contributed by atoms with E-state index in [1.807, 2.05) is 0 Å². The minimum absolute atomic E-state index is 0. The van der Waals surface area contributed by atoms with Crippen molar-refractivity contribution < 1.29 is 39.5 Å². The van der Waals surface area contributed by atoms with Crippen LogP contribution < -0.4 is 14.5 Å². The number of hydrogen-bond donors (Lipinski definition) is 0. The maximum atomic E-state index is 12.4. The molecule has 1 radical (unpaired) electrons. The smallest absolute Gasteiger partial charge is 0.398 e. The van der Waals surface area contributed by atoms with E-state index in [1.54, 1.807) is 32.9 Å². The molecule has 2 heterocycles. The van der Waals surface area contributed by atoms with Crippen LogP contribution in [0.1, 0.15) is 20.8 Å². The molecule has 0 bridgehead atoms. The number of carbonyl (C=O) groups is 2. The summed E-state index contributed by atoms with van der Waals surface area (Å²) >= 11 is 0. The van der Waals surface area contributed by atoms with E-state index in [-0.39, 0.29) is 45.3 Å². The van der Waals surface area contributed by atoms with Crippen LogP contribution in [0.15, 0.2) is 18.7 Å². The molecule has 1 aromatic rings. The first-order chi connectivity index (χ1) is 10.8. The van der Waals surface area contributed by atoms with Crippen LogP contribution in [0.5, 0.6) is 5.88 Å². The second kappa shape index (κ2) is 7.78. The second-order valence-corrected chi connectivity index (χ2v) is 5.98. The molecule has 2 amide bonds. The van der Waals surface area contributed by atoms with Crippen molar-refractivity contribution in [3.63, 3.8) is 0 Å². The van der Waals surface area contributed by atoms with Crippen molar-refractivity contribution in [2.75, 3.05) is 30.0 Å². The van der Waals surface area contributed by atoms with Crippen LogP contribution in [-0.4, -0.2) is 42.8 Å². The first-order valence-corrected chi connectivity index (χ1v) is 7.15. The number of fused-ring (bicyclic) bond motifs is 1. The number of carbonyl (C=O) groups excluding carboxylic acids is 2. The van der Waals surface area contributed by atoms with Gasteiger partial charge in [0, 0.05) is 27.0 Å². The molecule has 0 N–H and O–H groups in total. The van der Waals surface area contributed by atoms with Gasteiger partial charge in [-0.3, -0.25) is 4.79 Å². The SMILES string of the molecule is C=CCN1C(=O)CN(C(=O)OC(C)(C)C)c2c[c-]c(OC)nc21.[Re]. The van der Waals surface area contributed by atoms with Crippen molar-refractivity contribution in [1.82, 2.24) is 4.98 Å². The Morgan fingerprint density at radius 1 is 1.50 bits per heavy atom. The molecule has 1 aliphatic rings. The number of nitrogens with zero attached hydrogens (tertiary/aromatic N) is 3. The number of anilines is 2. The zero-order chi connectivity index (χ0) is 17.2. The van der Waals surface area contributed by atoms with Crippen LogP contribution in [0, 0.1) is 6.07 Å². The van der Waals surface area contributed by atoms with Gasteiger partial charge in [0.25, 0.3) is 0 Å². The Kier molecular flexibility index (Phi) is 6.52. The van der Waals surface area contributed by atoms with Crippen molar-refractivity contribution in [3.05, 3.63) is 24.8 Å². The summed E-state index contributed by atoms with van der Waals surface area (Å²) in [4.78, 5) is 31.7. The first-order valence-electron chi connectivity index (χ1n) is 7.15. The number of pyridine rings is 1. The molecule has 0 unspecified atom stereocenters. The molecule has 24 heavy (non-hydrogen) atoms. The molecule has 8 heteroatoms. The molecule has 0 aliphatic carbocycles. The molecule has 0 saturated heterocycles. The van der Waals surface area contributed by atoms with Gasteiger partial charge in [-0.05, 0) is 20.8 Å². The topological polar surface area (TPSA) is 72.0 Å². The number of methoxy groups -OCH3 is 1. The largest absolute Gasteiger partial charge is 0.497 e. The molecule has 0 fully saturated rings. The van der Waals surface area contributed by atoms with Crippen molar-refractivity contribution in [1.29, 1.82) is 0 Å². The van der Waals surface area contributed by atoms with Gasteiger partial charge in [0.15, 0.2) is 0 Å². The van der Waals surface area contributed by atoms with E-state index >= 15 is 0 Å². The van der Waals surface area contributed by atoms with Crippen molar-refractivity contribution >= 4 is 23.5 Å². The zero-order valence-corrected chi connectivity index (χ0v) is 16.8. The van der Waals surface area contributed by atoms with E-state index in [0.29, 0.717) is 11.5 Å². The van der Waals surface area contributed by atoms with Crippen molar-refractivity contribution in [3.8, 4) is 5.88 Å². The van der Waals surface area contributed by atoms with Gasteiger partial charge in [-0.2, -0.15) is 6.07 Å². The summed E-state index contributed by atoms with van der Waals surface area (Å²) in [6, 6.07) is 4.39. The van der Waals surface area contributed by atoms with Gasteiger partial charge in [0.05, 0.1) is 19.5 Å². The fraction of sp³-hybridized carbons (Fsp3) is 0.438. The summed E-state index contributed by atoms with van der Waals surface area (Å²) in [7, 11) is 1.46. The molecular formula is C16H20N3O4Re-. The third kappa shape index (κ3) is 4.34. The van der Waals surface area contributed by atoms with E-state index in [9.17, 15) is 9.59 Å². The molecule has 2 rings (SSSR count). The molecule has 131 valence electrons. The summed E-state index contributed by atoms with van der Waals surface area (Å²) in [5.41, 5.74) is -0.219. The monoisotopic (exact) mass is 505 g/mol. The van der Waals surface area contributed by atoms with Gasteiger partial charge in [-0.15, -0.1) is 6.58 Å². The van der Waals surface area contributed by atoms with Crippen LogP contribution in [-0.2, 0) is 30.0 Å². The Bertz CT molecular complexity index is 643. The normalized spacial score (nSPS) is 13.8. The number of amides is 2. The molecular weight excluding hydrogens is 484 g/mol. The predicted octanol–water partition coefficient (Wildman–Crippen LogP) is 2.16. The maximum absolute atomic E-state index is 12.4. The van der Waals surface area contributed by atoms with E-state index < -0.39 is 11.7 Å². The number of ether oxygens (including phenoxy) is 2. The predicted molar refractivity (Wildman–Crippen MR) is 85.8 cm³/mol. The van der Waals surface area contributed by atoms with Crippen molar-refractivity contribution in [2.45, 2.75) is 26.4 Å². The van der Waals surface area contributed by atoms with Crippen LogP contribution in [0.25, 0.3) is 0 Å². The van der Waals surface area contributed by atoms with Gasteiger partial charge < -0.3 is 19.3 Å². The molecule has 0 spiro atoms. The molecule has 0 atom stereocenters. The average Bonchev–Trinajstić information content (AvgIpc) is 2.47. The molecule has 1 aromatic heterocycles. The Morgan fingerprint density at radius 2 is 2.17 bits per heavy atom. The summed E-state index contributed by atoms with van der Waals surface area (Å²) in [5.74, 6) is 0.281. The van der Waals surface area contributed by atoms with Gasteiger partial charge in [-0.1, -0.05) is 11.8 Å². The number of rotatable bonds is 3. The van der Waals surface area contributed by atoms with Crippen LogP contribution in [0.4, 0.5) is 16.3 Å². The van der Waals surface area contributed by atoms with Crippen molar-refractivity contribution in [2.24, 2.45) is 0 Å². The molecule has 0 saturated carbocycles. The Labute approximate surface area is 155 Å². The Morgan fingerprint density at radius 3 is 2.71 bits per heavy atom. The fourth-order valence-electron chi connectivity index (χ4n) is 2.10. The van der Waals surface area contributed by atoms with Crippen LogP contribution >= 0.6 is 0 Å². The molecule has 1 aliphatic heterocycles. The summed E-state index contributed by atoms with van der Waals surface area (Å²) < 4.78 is 10.4. The summed E-state index contributed by atoms with van der Waals surface area (Å²) in [6.45, 7) is 9.09. The minimum atomic E-state index is -0.665. The third-order valence-corrected chi connectivity index (χ3v) is 3.03. The van der Waals surface area contributed by atoms with Crippen LogP contribution in [0.3, 0.4) is 0 Å². The van der Waals surface area contributed by atoms with Gasteiger partial charge in [-0.25, -0.2) is 15.8 Å². The van der Waals surface area contributed by atoms with E-state index in [0.717, 1.165) is 0 Å². The zero-order valence-electron chi connectivity index (χ0n) is 14.1. The van der Waals surface area contributed by atoms with Crippen LogP contribution in [0.2, 0.25) is 0 Å². The van der Waals surface area contributed by atoms with E-state index in [4.69, 9.17) is 9.47 Å². The quantitative estimate of drug-likeness (QED) is 0.466. The second-order valence-electron chi connectivity index (χ2n) is 5.98. The van der Waals surface area contributed by atoms with Gasteiger partial charge in [0.1, 0.15) is 11.5 Å². The first kappa shape index (κ1) is 20.1. The van der Waals surface area contributed by atoms with E-state index in [2.05, 4.69) is 17.6 Å². The molecule has 7 nitrogen and oxygen atoms in total. The summed E-state index contributed by atoms with van der Waals surface area (Å²) in [6.07, 6.45) is 0.987. The molecule has 0 aromatic carbocycles. The average molecular weight is 505 g/mol. The standard InChI is InChI=1S/C16H20N3O4.Re/c1-6-9-18-13(20)10-19(15(21)23-16(2,3)4)11-7-8-12(22-5)17-14(11)18;/h6-7H,1,9-10H2,2-5H3;/q-1;. The van der Waals surface area contributed by atoms with E-state index in [1.165, 1.54) is 16.9 Å². The van der Waals surface area contributed by atoms with Gasteiger partial charge >= 0.3 is 6.09 Å². The summed E-state index contributed by atoms with van der Waals surface area (Å²) in [5, 5.41) is 0. The Balaban J connectivity index is 0.00000288. The third-order valence-electron chi connectivity index (χ3n) is 3.03. The Hall–Kier alpha value is -1.91. The minimum Gasteiger partial charge on any atom is -0.497 e. The van der Waals surface area contributed by atoms with Gasteiger partial charge in [0.2, 0.25) is 5.91 Å². The fourth-order valence-corrected chi connectivity index (χ4v) is 2.10.